The Hall–Kier alpha value is -5.48. The highest BCUT2D eigenvalue weighted by Gasteiger charge is 2.48. The van der Waals surface area contributed by atoms with Crippen molar-refractivity contribution in [1.29, 1.82) is 0 Å². The van der Waals surface area contributed by atoms with Crippen LogP contribution in [0.5, 0.6) is 11.5 Å². The van der Waals surface area contributed by atoms with Crippen LogP contribution in [0, 0.1) is 21.4 Å². The third-order valence-electron chi connectivity index (χ3n) is 12.6. The average molecular weight is 868 g/mol. The molecule has 3 saturated heterocycles. The molecule has 1 amide bonds. The van der Waals surface area contributed by atoms with Gasteiger partial charge in [-0.15, -0.1) is 0 Å². The number of allylic oxidation sites excluding steroid dienone is 1. The Bertz CT molecular complexity index is 2610. The quantitative estimate of drug-likeness (QED) is 0.0764. The number of nitrogens with one attached hydrogen (secondary N) is 3. The molecule has 3 aromatic carbocycles. The van der Waals surface area contributed by atoms with Crippen molar-refractivity contribution >= 4 is 61.2 Å². The first-order chi connectivity index (χ1) is 29.5. The van der Waals surface area contributed by atoms with E-state index in [0.717, 1.165) is 87.0 Å². The number of H-pyrrole nitrogens is 1. The number of pyridine rings is 1. The largest absolute Gasteiger partial charge is 0.455 e. The van der Waals surface area contributed by atoms with Crippen LogP contribution >= 0.6 is 11.6 Å². The van der Waals surface area contributed by atoms with Crippen LogP contribution in [-0.4, -0.2) is 86.6 Å². The van der Waals surface area contributed by atoms with Gasteiger partial charge in [0.15, 0.2) is 0 Å². The number of rotatable bonds is 13. The van der Waals surface area contributed by atoms with Gasteiger partial charge in [0.05, 0.1) is 21.6 Å². The SMILES string of the molecule is O=C(NS(=O)(=O)c1ccc(NCC2CCOCC2)c([N+](=O)[O-])c1)c1ccc(N2CC3(CCN(CC4=C(c5ccc(Cl)cc5)CCCC4)C3)C2)cc1Oc1cnc2[nH]ccc2c1.[HH]. The van der Waals surface area contributed by atoms with Crippen LogP contribution in [0.1, 0.15) is 62.3 Å². The summed E-state index contributed by atoms with van der Waals surface area (Å²) in [7, 11) is -4.54. The fourth-order valence-electron chi connectivity index (χ4n) is 9.28. The van der Waals surface area contributed by atoms with Crippen LogP contribution in [-0.2, 0) is 14.8 Å². The molecule has 0 bridgehead atoms. The second-order valence-corrected chi connectivity index (χ2v) is 18.9. The van der Waals surface area contributed by atoms with Gasteiger partial charge in [0, 0.05) is 87.2 Å². The van der Waals surface area contributed by atoms with E-state index in [-0.39, 0.29) is 29.8 Å². The Kier molecular flexibility index (Phi) is 11.5. The highest BCUT2D eigenvalue weighted by Crippen LogP contribution is 2.44. The number of aromatic nitrogens is 2. The zero-order valence-corrected chi connectivity index (χ0v) is 35.3. The number of halogens is 1. The Balaban J connectivity index is 0.00000529. The number of anilines is 2. The molecular weight excluding hydrogens is 818 g/mol. The molecule has 3 N–H and O–H groups in total. The summed E-state index contributed by atoms with van der Waals surface area (Å²) in [6.45, 7) is 6.41. The van der Waals surface area contributed by atoms with E-state index in [1.165, 1.54) is 47.9 Å². The van der Waals surface area contributed by atoms with Gasteiger partial charge < -0.3 is 24.7 Å². The molecule has 0 radical (unpaired) electrons. The molecule has 16 heteroatoms. The minimum absolute atomic E-state index is 0. The van der Waals surface area contributed by atoms with Gasteiger partial charge in [-0.2, -0.15) is 0 Å². The van der Waals surface area contributed by atoms with Crippen LogP contribution in [0.25, 0.3) is 16.6 Å². The first kappa shape index (κ1) is 40.9. The standard InChI is InChI=1S/C45H48ClN7O7S.H2/c46-34-7-5-31(6-8-34)38-4-2-1-3-33(38)26-51-18-16-45(27-51)28-52(29-45)35-9-11-39(42(22-35)60-36-21-32-13-17-47-43(32)49-25-36)44(54)50-61(57,58)37-10-12-40(41(23-37)53(55)56)48-24-30-14-19-59-20-15-30;/h5-13,17,21-23,25,30,48H,1-4,14-16,18-20,24,26-29H2,(H,47,49)(H,50,54);1H. The Morgan fingerprint density at radius 2 is 1.84 bits per heavy atom. The summed E-state index contributed by atoms with van der Waals surface area (Å²) < 4.78 is 41.2. The normalized spacial score (nSPS) is 18.3. The number of ether oxygens (including phenoxy) is 2. The van der Waals surface area contributed by atoms with E-state index in [1.54, 1.807) is 30.5 Å². The van der Waals surface area contributed by atoms with Gasteiger partial charge in [0.2, 0.25) is 0 Å². The van der Waals surface area contributed by atoms with Gasteiger partial charge in [0.25, 0.3) is 21.6 Å². The predicted octanol–water partition coefficient (Wildman–Crippen LogP) is 8.66. The third-order valence-corrected chi connectivity index (χ3v) is 14.1. The van der Waals surface area contributed by atoms with Gasteiger partial charge in [0.1, 0.15) is 22.8 Å². The minimum atomic E-state index is -4.54. The molecule has 0 saturated carbocycles. The maximum atomic E-state index is 13.9. The van der Waals surface area contributed by atoms with E-state index in [1.807, 2.05) is 18.2 Å². The average Bonchev–Trinajstić information content (AvgIpc) is 3.90. The summed E-state index contributed by atoms with van der Waals surface area (Å²) in [5.41, 5.74) is 5.68. The first-order valence-corrected chi connectivity index (χ1v) is 22.7. The first-order valence-electron chi connectivity index (χ1n) is 20.9. The number of nitro groups is 1. The van der Waals surface area contributed by atoms with Crippen LogP contribution < -0.4 is 19.7 Å². The molecule has 1 aliphatic carbocycles. The molecule has 0 unspecified atom stereocenters. The summed E-state index contributed by atoms with van der Waals surface area (Å²) in [4.78, 5) is 37.2. The highest BCUT2D eigenvalue weighted by atomic mass is 35.5. The lowest BCUT2D eigenvalue weighted by atomic mass is 9.78. The zero-order valence-electron chi connectivity index (χ0n) is 33.7. The molecule has 2 aromatic heterocycles. The van der Waals surface area contributed by atoms with E-state index in [0.29, 0.717) is 31.2 Å². The molecule has 14 nitrogen and oxygen atoms in total. The molecule has 3 fully saturated rings. The summed E-state index contributed by atoms with van der Waals surface area (Å²) in [5.74, 6) is -0.154. The summed E-state index contributed by atoms with van der Waals surface area (Å²) in [5, 5.41) is 16.7. The number of hydrogen-bond acceptors (Lipinski definition) is 11. The smallest absolute Gasteiger partial charge is 0.293 e. The van der Waals surface area contributed by atoms with Crippen molar-refractivity contribution in [2.75, 3.05) is 62.7 Å². The van der Waals surface area contributed by atoms with E-state index >= 15 is 0 Å². The van der Waals surface area contributed by atoms with Crippen LogP contribution in [0.2, 0.25) is 5.02 Å². The van der Waals surface area contributed by atoms with Crippen molar-refractivity contribution in [2.24, 2.45) is 11.3 Å². The number of nitrogens with zero attached hydrogens (tertiary/aromatic N) is 4. The van der Waals surface area contributed by atoms with Crippen molar-refractivity contribution < 1.29 is 29.0 Å². The van der Waals surface area contributed by atoms with E-state index in [4.69, 9.17) is 21.1 Å². The molecule has 1 spiro atoms. The molecule has 5 aromatic rings. The molecule has 3 aliphatic heterocycles. The van der Waals surface area contributed by atoms with E-state index < -0.39 is 31.4 Å². The Morgan fingerprint density at radius 3 is 2.64 bits per heavy atom. The lowest BCUT2D eigenvalue weighted by Crippen LogP contribution is -2.57. The number of aromatic amines is 1. The Morgan fingerprint density at radius 1 is 1.03 bits per heavy atom. The topological polar surface area (TPSA) is 172 Å². The van der Waals surface area contributed by atoms with E-state index in [9.17, 15) is 23.3 Å². The number of benzene rings is 3. The number of carbonyl (C=O) groups is 1. The molecule has 9 rings (SSSR count). The van der Waals surface area contributed by atoms with Gasteiger partial charge in [-0.1, -0.05) is 29.3 Å². The van der Waals surface area contributed by atoms with Gasteiger partial charge in [-0.3, -0.25) is 19.8 Å². The van der Waals surface area contributed by atoms with E-state index in [2.05, 4.69) is 41.9 Å². The lowest BCUT2D eigenvalue weighted by molar-refractivity contribution is -0.384. The number of amides is 1. The fourth-order valence-corrected chi connectivity index (χ4v) is 10.4. The molecule has 320 valence electrons. The van der Waals surface area contributed by atoms with Crippen molar-refractivity contribution in [3.8, 4) is 11.5 Å². The second-order valence-electron chi connectivity index (χ2n) is 16.8. The zero-order chi connectivity index (χ0) is 42.1. The predicted molar refractivity (Wildman–Crippen MR) is 237 cm³/mol. The maximum absolute atomic E-state index is 13.9. The number of nitro benzene ring substituents is 1. The molecular formula is C45H50ClN7O7S. The van der Waals surface area contributed by atoms with Crippen molar-refractivity contribution in [2.45, 2.75) is 49.8 Å². The van der Waals surface area contributed by atoms with Crippen LogP contribution in [0.4, 0.5) is 17.1 Å². The number of sulfonamides is 1. The maximum Gasteiger partial charge on any atom is 0.293 e. The van der Waals surface area contributed by atoms with Crippen molar-refractivity contribution in [1.82, 2.24) is 19.6 Å². The fraction of sp³-hybridized carbons (Fsp3) is 0.378. The van der Waals surface area contributed by atoms with Gasteiger partial charge in [-0.25, -0.2) is 18.1 Å². The molecule has 4 aliphatic rings. The van der Waals surface area contributed by atoms with Crippen LogP contribution in [0.3, 0.4) is 0 Å². The van der Waals surface area contributed by atoms with Gasteiger partial charge in [-0.05, 0) is 117 Å². The molecule has 5 heterocycles. The monoisotopic (exact) mass is 867 g/mol. The second kappa shape index (κ2) is 17.1. The number of likely N-dealkylation sites (tertiary alicyclic amines) is 1. The molecule has 0 atom stereocenters. The molecule has 61 heavy (non-hydrogen) atoms. The van der Waals surface area contributed by atoms with Crippen molar-refractivity contribution in [3.63, 3.8) is 0 Å². The van der Waals surface area contributed by atoms with Crippen LogP contribution in [0.15, 0.2) is 95.7 Å². The third kappa shape index (κ3) is 8.96. The summed E-state index contributed by atoms with van der Waals surface area (Å²) in [6.07, 6.45) is 10.7. The Labute approximate surface area is 361 Å². The summed E-state index contributed by atoms with van der Waals surface area (Å²) >= 11 is 6.20. The van der Waals surface area contributed by atoms with Gasteiger partial charge >= 0.3 is 0 Å². The van der Waals surface area contributed by atoms with Crippen molar-refractivity contribution in [3.05, 3.63) is 117 Å². The minimum Gasteiger partial charge on any atom is -0.455 e. The number of hydrogen-bond donors (Lipinski definition) is 3. The number of fused-ring (bicyclic) bond motifs is 1. The lowest BCUT2D eigenvalue weighted by Gasteiger charge is -2.49. The summed E-state index contributed by atoms with van der Waals surface area (Å²) in [6, 6.07) is 20.6. The number of carbonyl (C=O) groups excluding carboxylic acids is 1. The highest BCUT2D eigenvalue weighted by molar-refractivity contribution is 7.90.